The van der Waals surface area contributed by atoms with E-state index >= 15 is 0 Å². The Morgan fingerprint density at radius 2 is 1.70 bits per heavy atom. The van der Waals surface area contributed by atoms with E-state index in [1.165, 1.54) is 17.1 Å². The summed E-state index contributed by atoms with van der Waals surface area (Å²) in [5.74, 6) is 2.58. The van der Waals surface area contributed by atoms with Gasteiger partial charge in [0.15, 0.2) is 0 Å². The Bertz CT molecular complexity index is 832. The number of carbonyl (C=O) groups excluding carboxylic acids is 1. The van der Waals surface area contributed by atoms with Crippen LogP contribution in [0.1, 0.15) is 5.56 Å². The van der Waals surface area contributed by atoms with E-state index < -0.39 is 0 Å². The molecule has 0 saturated heterocycles. The molecule has 0 unspecified atom stereocenters. The number of rotatable bonds is 6. The van der Waals surface area contributed by atoms with Gasteiger partial charge >= 0.3 is 0 Å². The van der Waals surface area contributed by atoms with Gasteiger partial charge in [-0.3, -0.25) is 4.79 Å². The van der Waals surface area contributed by atoms with Crippen LogP contribution in [0, 0.1) is 0 Å². The Labute approximate surface area is 144 Å². The standard InChI is InChI=1S/C19H15ClO2S/c20-19(21)13-23-12-16-7-3-4-8-18(16)22-17-10-9-14-5-1-2-6-15(14)11-17/h1-11H,12-13H2. The van der Waals surface area contributed by atoms with Crippen molar-refractivity contribution in [2.75, 3.05) is 5.75 Å². The number of thioether (sulfide) groups is 1. The summed E-state index contributed by atoms with van der Waals surface area (Å²) in [6.07, 6.45) is 0. The fourth-order valence-corrected chi connectivity index (χ4v) is 3.27. The molecule has 0 aromatic heterocycles. The van der Waals surface area contributed by atoms with Crippen LogP contribution >= 0.6 is 23.4 Å². The Morgan fingerprint density at radius 1 is 0.957 bits per heavy atom. The third kappa shape index (κ3) is 4.27. The second-order valence-electron chi connectivity index (χ2n) is 5.07. The number of halogens is 1. The fraction of sp³-hybridized carbons (Fsp3) is 0.105. The molecule has 0 heterocycles. The summed E-state index contributed by atoms with van der Waals surface area (Å²) in [5.41, 5.74) is 1.04. The van der Waals surface area contributed by atoms with E-state index in [0.29, 0.717) is 11.5 Å². The zero-order chi connectivity index (χ0) is 16.1. The molecule has 0 aliphatic rings. The van der Waals surface area contributed by atoms with E-state index in [4.69, 9.17) is 16.3 Å². The van der Waals surface area contributed by atoms with E-state index in [1.807, 2.05) is 54.6 Å². The molecule has 0 aliphatic heterocycles. The molecule has 0 amide bonds. The highest BCUT2D eigenvalue weighted by Gasteiger charge is 2.06. The molecular formula is C19H15ClO2S. The van der Waals surface area contributed by atoms with Crippen molar-refractivity contribution in [2.45, 2.75) is 5.75 Å². The smallest absolute Gasteiger partial charge is 0.231 e. The highest BCUT2D eigenvalue weighted by Crippen LogP contribution is 2.30. The molecule has 0 atom stereocenters. The second kappa shape index (κ2) is 7.53. The predicted octanol–water partition coefficient (Wildman–Crippen LogP) is 5.63. The van der Waals surface area contributed by atoms with Gasteiger partial charge in [0.2, 0.25) is 5.24 Å². The summed E-state index contributed by atoms with van der Waals surface area (Å²) < 4.78 is 6.04. The SMILES string of the molecule is O=C(Cl)CSCc1ccccc1Oc1ccc2ccccc2c1. The van der Waals surface area contributed by atoms with Crippen molar-refractivity contribution in [1.29, 1.82) is 0 Å². The van der Waals surface area contributed by atoms with Crippen molar-refractivity contribution in [3.63, 3.8) is 0 Å². The van der Waals surface area contributed by atoms with Gasteiger partial charge in [-0.25, -0.2) is 0 Å². The lowest BCUT2D eigenvalue weighted by atomic mass is 10.1. The molecule has 0 saturated carbocycles. The molecule has 23 heavy (non-hydrogen) atoms. The zero-order valence-electron chi connectivity index (χ0n) is 12.4. The highest BCUT2D eigenvalue weighted by molar-refractivity contribution is 7.99. The normalized spacial score (nSPS) is 10.7. The summed E-state index contributed by atoms with van der Waals surface area (Å²) in [6.45, 7) is 0. The maximum atomic E-state index is 10.8. The van der Waals surface area contributed by atoms with Crippen LogP contribution in [0.5, 0.6) is 11.5 Å². The fourth-order valence-electron chi connectivity index (χ4n) is 2.32. The minimum Gasteiger partial charge on any atom is -0.457 e. The number of benzene rings is 3. The maximum absolute atomic E-state index is 10.8. The number of para-hydroxylation sites is 1. The predicted molar refractivity (Wildman–Crippen MR) is 97.5 cm³/mol. The largest absolute Gasteiger partial charge is 0.457 e. The molecule has 4 heteroatoms. The van der Waals surface area contributed by atoms with E-state index in [2.05, 4.69) is 12.1 Å². The van der Waals surface area contributed by atoms with E-state index in [-0.39, 0.29) is 5.24 Å². The lowest BCUT2D eigenvalue weighted by Gasteiger charge is -2.11. The molecule has 0 spiro atoms. The summed E-state index contributed by atoms with van der Waals surface area (Å²) in [5, 5.41) is 2.00. The van der Waals surface area contributed by atoms with Gasteiger partial charge in [0.1, 0.15) is 11.5 Å². The van der Waals surface area contributed by atoms with Crippen molar-refractivity contribution >= 4 is 39.4 Å². The van der Waals surface area contributed by atoms with Gasteiger partial charge in [-0.15, -0.1) is 11.8 Å². The van der Waals surface area contributed by atoms with Gasteiger partial charge in [0.25, 0.3) is 0 Å². The average Bonchev–Trinajstić information content (AvgIpc) is 2.56. The third-order valence-electron chi connectivity index (χ3n) is 3.39. The molecule has 0 aliphatic carbocycles. The van der Waals surface area contributed by atoms with Crippen molar-refractivity contribution in [3.8, 4) is 11.5 Å². The van der Waals surface area contributed by atoms with Crippen LogP contribution < -0.4 is 4.74 Å². The zero-order valence-corrected chi connectivity index (χ0v) is 13.9. The first-order valence-electron chi connectivity index (χ1n) is 7.23. The molecule has 3 aromatic carbocycles. The van der Waals surface area contributed by atoms with Crippen LogP contribution in [0.25, 0.3) is 10.8 Å². The lowest BCUT2D eigenvalue weighted by Crippen LogP contribution is -1.94. The highest BCUT2D eigenvalue weighted by atomic mass is 35.5. The molecule has 0 bridgehead atoms. The topological polar surface area (TPSA) is 26.3 Å². The molecule has 3 aromatic rings. The van der Waals surface area contributed by atoms with Crippen LogP contribution in [0.15, 0.2) is 66.7 Å². The second-order valence-corrected chi connectivity index (χ2v) is 6.47. The molecule has 0 fully saturated rings. The van der Waals surface area contributed by atoms with Crippen molar-refractivity contribution < 1.29 is 9.53 Å². The maximum Gasteiger partial charge on any atom is 0.231 e. The monoisotopic (exact) mass is 342 g/mol. The Kier molecular flexibility index (Phi) is 5.21. The first-order chi connectivity index (χ1) is 11.2. The first-order valence-corrected chi connectivity index (χ1v) is 8.76. The number of hydrogen-bond acceptors (Lipinski definition) is 3. The summed E-state index contributed by atoms with van der Waals surface area (Å²) in [4.78, 5) is 10.8. The van der Waals surface area contributed by atoms with Crippen molar-refractivity contribution in [2.24, 2.45) is 0 Å². The molecule has 116 valence electrons. The van der Waals surface area contributed by atoms with Gasteiger partial charge in [0.05, 0.1) is 5.75 Å². The van der Waals surface area contributed by atoms with Crippen molar-refractivity contribution in [1.82, 2.24) is 0 Å². The van der Waals surface area contributed by atoms with Gasteiger partial charge in [0, 0.05) is 11.3 Å². The van der Waals surface area contributed by atoms with Crippen molar-refractivity contribution in [3.05, 3.63) is 72.3 Å². The summed E-state index contributed by atoms with van der Waals surface area (Å²) >= 11 is 6.86. The van der Waals surface area contributed by atoms with E-state index in [1.54, 1.807) is 0 Å². The van der Waals surface area contributed by atoms with Gasteiger partial charge in [-0.2, -0.15) is 0 Å². The van der Waals surface area contributed by atoms with Crippen LogP contribution in [0.2, 0.25) is 0 Å². The van der Waals surface area contributed by atoms with Gasteiger partial charge < -0.3 is 4.74 Å². The third-order valence-corrected chi connectivity index (χ3v) is 4.67. The van der Waals surface area contributed by atoms with Gasteiger partial charge in [-0.05, 0) is 40.6 Å². The van der Waals surface area contributed by atoms with Crippen LogP contribution in [-0.2, 0) is 10.5 Å². The average molecular weight is 343 g/mol. The van der Waals surface area contributed by atoms with Gasteiger partial charge in [-0.1, -0.05) is 48.5 Å². The van der Waals surface area contributed by atoms with Crippen LogP contribution in [-0.4, -0.2) is 11.0 Å². The number of carbonyl (C=O) groups is 1. The van der Waals surface area contributed by atoms with Crippen LogP contribution in [0.3, 0.4) is 0 Å². The van der Waals surface area contributed by atoms with Crippen LogP contribution in [0.4, 0.5) is 0 Å². The summed E-state index contributed by atoms with van der Waals surface area (Å²) in [6, 6.07) is 22.1. The number of hydrogen-bond donors (Lipinski definition) is 0. The summed E-state index contributed by atoms with van der Waals surface area (Å²) in [7, 11) is 0. The molecular weight excluding hydrogens is 328 g/mol. The Balaban J connectivity index is 1.79. The molecule has 3 rings (SSSR count). The van der Waals surface area contributed by atoms with E-state index in [0.717, 1.165) is 22.4 Å². The number of fused-ring (bicyclic) bond motifs is 1. The Morgan fingerprint density at radius 3 is 2.52 bits per heavy atom. The Hall–Kier alpha value is -1.97. The minimum absolute atomic E-state index is 0.297. The number of ether oxygens (including phenoxy) is 1. The van der Waals surface area contributed by atoms with E-state index in [9.17, 15) is 4.79 Å². The lowest BCUT2D eigenvalue weighted by molar-refractivity contribution is -0.109. The molecule has 2 nitrogen and oxygen atoms in total. The molecule has 0 radical (unpaired) electrons. The molecule has 0 N–H and O–H groups in total. The first kappa shape index (κ1) is 15.9. The quantitative estimate of drug-likeness (QED) is 0.543. The minimum atomic E-state index is -0.331.